The summed E-state index contributed by atoms with van der Waals surface area (Å²) in [5, 5.41) is 6.54. The quantitative estimate of drug-likeness (QED) is 0.743. The van der Waals surface area contributed by atoms with Crippen LogP contribution >= 0.6 is 0 Å². The number of anilines is 2. The molecule has 0 bridgehead atoms. The fourth-order valence-corrected chi connectivity index (χ4v) is 4.69. The number of nitrogens with one attached hydrogen (secondary N) is 2. The number of hydrogen-bond acceptors (Lipinski definition) is 8. The van der Waals surface area contributed by atoms with Crippen LogP contribution in [0.5, 0.6) is 0 Å². The molecule has 2 aliphatic heterocycles. The first-order valence-corrected chi connectivity index (χ1v) is 10.2. The Balaban J connectivity index is 1.53. The molecule has 1 aromatic rings. The smallest absolute Gasteiger partial charge is 0.152 e. The third-order valence-electron chi connectivity index (χ3n) is 4.26. The number of nitrogens with zero attached hydrogens (tertiary/aromatic N) is 3. The summed E-state index contributed by atoms with van der Waals surface area (Å²) in [7, 11) is -2.90. The molecule has 0 saturated carbocycles. The van der Waals surface area contributed by atoms with Gasteiger partial charge in [-0.25, -0.2) is 18.4 Å². The van der Waals surface area contributed by atoms with Crippen molar-refractivity contribution < 1.29 is 13.2 Å². The van der Waals surface area contributed by atoms with Crippen LogP contribution in [0.2, 0.25) is 0 Å². The molecular formula is C15H25N5O3S. The fraction of sp³-hybridized carbons (Fsp3) is 0.733. The van der Waals surface area contributed by atoms with Gasteiger partial charge in [-0.2, -0.15) is 0 Å². The van der Waals surface area contributed by atoms with Gasteiger partial charge in [-0.1, -0.05) is 0 Å². The Bertz CT molecular complexity index is 661. The molecular weight excluding hydrogens is 330 g/mol. The second-order valence-electron chi connectivity index (χ2n) is 6.31. The highest BCUT2D eigenvalue weighted by atomic mass is 32.2. The van der Waals surface area contributed by atoms with E-state index in [1.807, 2.05) is 13.0 Å². The van der Waals surface area contributed by atoms with Crippen molar-refractivity contribution in [3.63, 3.8) is 0 Å². The molecule has 134 valence electrons. The molecule has 2 N–H and O–H groups in total. The van der Waals surface area contributed by atoms with Crippen molar-refractivity contribution in [2.45, 2.75) is 19.4 Å². The van der Waals surface area contributed by atoms with Gasteiger partial charge in [0.25, 0.3) is 0 Å². The number of aryl methyl sites for hydroxylation is 1. The van der Waals surface area contributed by atoms with Crippen molar-refractivity contribution in [2.75, 3.05) is 61.5 Å². The molecule has 1 aromatic heterocycles. The molecule has 0 radical (unpaired) electrons. The minimum Gasteiger partial charge on any atom is -0.379 e. The van der Waals surface area contributed by atoms with Gasteiger partial charge < -0.3 is 15.4 Å². The van der Waals surface area contributed by atoms with E-state index in [9.17, 15) is 8.42 Å². The van der Waals surface area contributed by atoms with Crippen molar-refractivity contribution in [3.8, 4) is 0 Å². The molecule has 0 amide bonds. The zero-order valence-corrected chi connectivity index (χ0v) is 14.8. The lowest BCUT2D eigenvalue weighted by molar-refractivity contribution is 0.0398. The van der Waals surface area contributed by atoms with Crippen LogP contribution in [0.25, 0.3) is 0 Å². The molecule has 0 aromatic carbocycles. The Kier molecular flexibility index (Phi) is 5.52. The van der Waals surface area contributed by atoms with Gasteiger partial charge in [0.2, 0.25) is 0 Å². The molecule has 3 rings (SSSR count). The largest absolute Gasteiger partial charge is 0.379 e. The monoisotopic (exact) mass is 355 g/mol. The van der Waals surface area contributed by atoms with Crippen LogP contribution in [-0.2, 0) is 14.6 Å². The summed E-state index contributed by atoms with van der Waals surface area (Å²) >= 11 is 0. The van der Waals surface area contributed by atoms with Crippen LogP contribution in [0.15, 0.2) is 6.07 Å². The van der Waals surface area contributed by atoms with E-state index in [1.165, 1.54) is 0 Å². The van der Waals surface area contributed by atoms with Gasteiger partial charge in [-0.05, 0) is 13.3 Å². The van der Waals surface area contributed by atoms with Crippen molar-refractivity contribution in [3.05, 3.63) is 11.9 Å². The summed E-state index contributed by atoms with van der Waals surface area (Å²) in [6.45, 7) is 7.10. The van der Waals surface area contributed by atoms with Crippen molar-refractivity contribution in [1.82, 2.24) is 14.9 Å². The summed E-state index contributed by atoms with van der Waals surface area (Å²) in [6, 6.07) is 1.78. The van der Waals surface area contributed by atoms with Gasteiger partial charge in [0.15, 0.2) is 9.84 Å². The number of ether oxygens (including phenoxy) is 1. The molecule has 8 nitrogen and oxygen atoms in total. The highest BCUT2D eigenvalue weighted by Crippen LogP contribution is 2.18. The lowest BCUT2D eigenvalue weighted by Crippen LogP contribution is -2.39. The number of hydrogen-bond donors (Lipinski definition) is 2. The maximum atomic E-state index is 11.6. The van der Waals surface area contributed by atoms with E-state index in [2.05, 4.69) is 25.5 Å². The molecule has 2 fully saturated rings. The maximum absolute atomic E-state index is 11.6. The van der Waals surface area contributed by atoms with Crippen LogP contribution in [0.1, 0.15) is 12.2 Å². The van der Waals surface area contributed by atoms with Gasteiger partial charge in [0, 0.05) is 38.3 Å². The highest BCUT2D eigenvalue weighted by molar-refractivity contribution is 7.91. The zero-order valence-electron chi connectivity index (χ0n) is 14.0. The summed E-state index contributed by atoms with van der Waals surface area (Å²) in [6.07, 6.45) is 0.630. The highest BCUT2D eigenvalue weighted by Gasteiger charge is 2.28. The van der Waals surface area contributed by atoms with Crippen LogP contribution < -0.4 is 10.6 Å². The van der Waals surface area contributed by atoms with E-state index in [4.69, 9.17) is 4.74 Å². The first-order valence-electron chi connectivity index (χ1n) is 8.37. The maximum Gasteiger partial charge on any atom is 0.152 e. The molecule has 0 aliphatic carbocycles. The van der Waals surface area contributed by atoms with Gasteiger partial charge in [0.05, 0.1) is 24.7 Å². The second kappa shape index (κ2) is 7.62. The number of rotatable bonds is 6. The fourth-order valence-electron chi connectivity index (χ4n) is 3.02. The van der Waals surface area contributed by atoms with Crippen LogP contribution in [0.4, 0.5) is 11.6 Å². The van der Waals surface area contributed by atoms with E-state index < -0.39 is 9.84 Å². The summed E-state index contributed by atoms with van der Waals surface area (Å²) in [4.78, 5) is 11.1. The molecule has 2 saturated heterocycles. The molecule has 0 spiro atoms. The van der Waals surface area contributed by atoms with Crippen molar-refractivity contribution in [1.29, 1.82) is 0 Å². The third-order valence-corrected chi connectivity index (χ3v) is 6.03. The van der Waals surface area contributed by atoms with Crippen LogP contribution in [-0.4, -0.2) is 80.2 Å². The molecule has 1 atom stereocenters. The van der Waals surface area contributed by atoms with E-state index in [0.717, 1.165) is 45.2 Å². The van der Waals surface area contributed by atoms with Crippen LogP contribution in [0.3, 0.4) is 0 Å². The molecule has 2 aliphatic rings. The minimum atomic E-state index is -2.90. The van der Waals surface area contributed by atoms with E-state index >= 15 is 0 Å². The van der Waals surface area contributed by atoms with Gasteiger partial charge in [-0.15, -0.1) is 0 Å². The average Bonchev–Trinajstić information content (AvgIpc) is 2.86. The Morgan fingerprint density at radius 3 is 2.75 bits per heavy atom. The van der Waals surface area contributed by atoms with E-state index in [0.29, 0.717) is 18.1 Å². The SMILES string of the molecule is Cc1nc(NCCN2CCOCC2)cc(NC2CCS(=O)(=O)C2)n1. The molecule has 9 heteroatoms. The topological polar surface area (TPSA) is 96.5 Å². The van der Waals surface area contributed by atoms with Crippen molar-refractivity contribution >= 4 is 21.5 Å². The Hall–Kier alpha value is -1.45. The van der Waals surface area contributed by atoms with Gasteiger partial charge >= 0.3 is 0 Å². The minimum absolute atomic E-state index is 0.0644. The predicted molar refractivity (Wildman–Crippen MR) is 93.2 cm³/mol. The lowest BCUT2D eigenvalue weighted by atomic mass is 10.2. The Labute approximate surface area is 142 Å². The third kappa shape index (κ3) is 5.02. The standard InChI is InChI=1S/C15H25N5O3S/c1-12-17-14(16-3-4-20-5-7-23-8-6-20)10-15(18-12)19-13-2-9-24(21,22)11-13/h10,13H,2-9,11H2,1H3,(H2,16,17,18,19). The second-order valence-corrected chi connectivity index (χ2v) is 8.54. The normalized spacial score (nSPS) is 24.0. The number of aromatic nitrogens is 2. The van der Waals surface area contributed by atoms with Gasteiger partial charge in [-0.3, -0.25) is 4.90 Å². The number of sulfone groups is 1. The Morgan fingerprint density at radius 2 is 2.04 bits per heavy atom. The first kappa shape index (κ1) is 17.4. The van der Waals surface area contributed by atoms with Crippen molar-refractivity contribution in [2.24, 2.45) is 0 Å². The summed E-state index contributed by atoms with van der Waals surface area (Å²) in [5.74, 6) is 2.53. The van der Waals surface area contributed by atoms with E-state index in [1.54, 1.807) is 0 Å². The molecule has 24 heavy (non-hydrogen) atoms. The molecule has 3 heterocycles. The van der Waals surface area contributed by atoms with E-state index in [-0.39, 0.29) is 17.5 Å². The summed E-state index contributed by atoms with van der Waals surface area (Å²) in [5.41, 5.74) is 0. The predicted octanol–water partition coefficient (Wildman–Crippen LogP) is 0.128. The Morgan fingerprint density at radius 1 is 1.29 bits per heavy atom. The number of morpholine rings is 1. The molecule has 1 unspecified atom stereocenters. The van der Waals surface area contributed by atoms with Gasteiger partial charge in [0.1, 0.15) is 17.5 Å². The average molecular weight is 355 g/mol. The zero-order chi connectivity index (χ0) is 17.0. The lowest BCUT2D eigenvalue weighted by Gasteiger charge is -2.26. The van der Waals surface area contributed by atoms with Crippen LogP contribution in [0, 0.1) is 6.92 Å². The first-order chi connectivity index (χ1) is 11.5. The summed E-state index contributed by atoms with van der Waals surface area (Å²) < 4.78 is 28.5.